The lowest BCUT2D eigenvalue weighted by Crippen LogP contribution is -2.41. The van der Waals surface area contributed by atoms with Crippen LogP contribution in [0.3, 0.4) is 0 Å². The summed E-state index contributed by atoms with van der Waals surface area (Å²) in [6.07, 6.45) is 10.3. The molecule has 0 bridgehead atoms. The molecule has 5 nitrogen and oxygen atoms in total. The molecule has 0 saturated heterocycles. The first kappa shape index (κ1) is 21.3. The van der Waals surface area contributed by atoms with Gasteiger partial charge in [0, 0.05) is 12.1 Å². The van der Waals surface area contributed by atoms with Gasteiger partial charge in [-0.05, 0) is 43.7 Å². The Morgan fingerprint density at radius 3 is 2.60 bits per heavy atom. The maximum atomic E-state index is 14.5. The van der Waals surface area contributed by atoms with E-state index in [-0.39, 0.29) is 23.8 Å². The number of nitrogens with one attached hydrogen (secondary N) is 1. The Kier molecular flexibility index (Phi) is 7.08. The average Bonchev–Trinajstić information content (AvgIpc) is 3.18. The molecule has 2 unspecified atom stereocenters. The van der Waals surface area contributed by atoms with Gasteiger partial charge in [-0.15, -0.1) is 10.2 Å². The molecule has 4 rings (SSSR count). The Hall–Kier alpha value is -1.89. The van der Waals surface area contributed by atoms with E-state index >= 15 is 0 Å². The highest BCUT2D eigenvalue weighted by Crippen LogP contribution is 2.36. The van der Waals surface area contributed by atoms with Gasteiger partial charge in [-0.25, -0.2) is 4.39 Å². The fraction of sp³-hybridized carbons (Fsp3) is 0.609. The van der Waals surface area contributed by atoms with Crippen LogP contribution in [-0.2, 0) is 4.79 Å². The minimum Gasteiger partial charge on any atom is -0.352 e. The van der Waals surface area contributed by atoms with Gasteiger partial charge in [-0.2, -0.15) is 0 Å². The van der Waals surface area contributed by atoms with Gasteiger partial charge in [-0.1, -0.05) is 62.9 Å². The zero-order valence-electron chi connectivity index (χ0n) is 17.6. The second kappa shape index (κ2) is 9.94. The van der Waals surface area contributed by atoms with Crippen molar-refractivity contribution in [2.24, 2.45) is 5.92 Å². The molecule has 0 radical (unpaired) electrons. The monoisotopic (exact) mass is 430 g/mol. The summed E-state index contributed by atoms with van der Waals surface area (Å²) in [5.74, 6) is 1.17. The maximum Gasteiger partial charge on any atom is 0.230 e. The van der Waals surface area contributed by atoms with Crippen molar-refractivity contribution >= 4 is 17.7 Å². The molecule has 1 aromatic heterocycles. The van der Waals surface area contributed by atoms with E-state index in [0.29, 0.717) is 28.2 Å². The molecular weight excluding hydrogens is 399 g/mol. The van der Waals surface area contributed by atoms with Gasteiger partial charge in [0.15, 0.2) is 11.0 Å². The van der Waals surface area contributed by atoms with Crippen LogP contribution in [0.25, 0.3) is 11.4 Å². The summed E-state index contributed by atoms with van der Waals surface area (Å²) in [5.41, 5.74) is 0.475. The Balaban J connectivity index is 1.51. The van der Waals surface area contributed by atoms with Crippen LogP contribution in [0.5, 0.6) is 0 Å². The van der Waals surface area contributed by atoms with Crippen molar-refractivity contribution < 1.29 is 9.18 Å². The molecule has 1 N–H and O–H groups in total. The molecule has 0 aliphatic heterocycles. The largest absolute Gasteiger partial charge is 0.352 e. The Bertz CT molecular complexity index is 865. The van der Waals surface area contributed by atoms with E-state index < -0.39 is 0 Å². The first-order valence-electron chi connectivity index (χ1n) is 11.3. The Morgan fingerprint density at radius 1 is 1.10 bits per heavy atom. The number of halogens is 1. The Morgan fingerprint density at radius 2 is 1.83 bits per heavy atom. The summed E-state index contributed by atoms with van der Waals surface area (Å²) in [4.78, 5) is 12.6. The lowest BCUT2D eigenvalue weighted by Gasteiger charge is -2.29. The van der Waals surface area contributed by atoms with Crippen molar-refractivity contribution in [3.63, 3.8) is 0 Å². The Labute approximate surface area is 182 Å². The maximum absolute atomic E-state index is 14.5. The van der Waals surface area contributed by atoms with Gasteiger partial charge in [0.25, 0.3) is 0 Å². The highest BCUT2D eigenvalue weighted by atomic mass is 32.2. The van der Waals surface area contributed by atoms with Crippen LogP contribution in [0.1, 0.15) is 70.8 Å². The lowest BCUT2D eigenvalue weighted by molar-refractivity contribution is -0.119. The van der Waals surface area contributed by atoms with E-state index in [1.807, 2.05) is 6.07 Å². The van der Waals surface area contributed by atoms with Crippen molar-refractivity contribution in [2.75, 3.05) is 5.75 Å². The summed E-state index contributed by atoms with van der Waals surface area (Å²) < 4.78 is 16.6. The van der Waals surface area contributed by atoms with Crippen molar-refractivity contribution in [3.05, 3.63) is 30.1 Å². The highest BCUT2D eigenvalue weighted by molar-refractivity contribution is 7.99. The van der Waals surface area contributed by atoms with E-state index in [9.17, 15) is 9.18 Å². The molecule has 7 heteroatoms. The number of carbonyl (C=O) groups excluding carboxylic acids is 1. The fourth-order valence-corrected chi connectivity index (χ4v) is 5.60. The minimum absolute atomic E-state index is 0.0457. The normalized spacial score (nSPS) is 22.7. The predicted molar refractivity (Wildman–Crippen MR) is 118 cm³/mol. The third-order valence-corrected chi connectivity index (χ3v) is 7.45. The molecule has 2 atom stereocenters. The number of nitrogens with zero attached hydrogens (tertiary/aromatic N) is 3. The van der Waals surface area contributed by atoms with Crippen LogP contribution in [0.2, 0.25) is 0 Å². The standard InChI is InChI=1S/C23H31FN4OS/c1-16-9-5-8-14-20(16)25-21(29)15-30-23-27-26-22(18-12-6-7-13-19(18)24)28(23)17-10-3-2-4-11-17/h6-7,12-13,16-17,20H,2-5,8-11,14-15H2,1H3,(H,25,29). The number of hydrogen-bond acceptors (Lipinski definition) is 4. The predicted octanol–water partition coefficient (Wildman–Crippen LogP) is 5.38. The number of thioether (sulfide) groups is 1. The number of benzene rings is 1. The van der Waals surface area contributed by atoms with Gasteiger partial charge in [0.1, 0.15) is 5.82 Å². The highest BCUT2D eigenvalue weighted by Gasteiger charge is 2.26. The van der Waals surface area contributed by atoms with Gasteiger partial charge >= 0.3 is 0 Å². The fourth-order valence-electron chi connectivity index (χ4n) is 4.78. The molecule has 2 aromatic rings. The van der Waals surface area contributed by atoms with E-state index in [0.717, 1.165) is 32.1 Å². The van der Waals surface area contributed by atoms with Crippen molar-refractivity contribution in [3.8, 4) is 11.4 Å². The smallest absolute Gasteiger partial charge is 0.230 e. The van der Waals surface area contributed by atoms with Crippen molar-refractivity contribution in [1.29, 1.82) is 0 Å². The zero-order valence-corrected chi connectivity index (χ0v) is 18.5. The molecule has 30 heavy (non-hydrogen) atoms. The summed E-state index contributed by atoms with van der Waals surface area (Å²) in [6.45, 7) is 2.22. The van der Waals surface area contributed by atoms with E-state index in [1.165, 1.54) is 43.5 Å². The minimum atomic E-state index is -0.289. The number of carbonyl (C=O) groups is 1. The second-order valence-electron chi connectivity index (χ2n) is 8.67. The molecule has 0 spiro atoms. The number of amides is 1. The molecule has 2 saturated carbocycles. The quantitative estimate of drug-likeness (QED) is 0.626. The molecule has 162 valence electrons. The third-order valence-electron chi connectivity index (χ3n) is 6.51. The first-order chi connectivity index (χ1) is 14.6. The zero-order chi connectivity index (χ0) is 20.9. The molecule has 1 heterocycles. The van der Waals surface area contributed by atoms with Gasteiger partial charge < -0.3 is 5.32 Å². The van der Waals surface area contributed by atoms with Crippen LogP contribution >= 0.6 is 11.8 Å². The van der Waals surface area contributed by atoms with Crippen LogP contribution in [0.15, 0.2) is 29.4 Å². The van der Waals surface area contributed by atoms with Crippen molar-refractivity contribution in [2.45, 2.75) is 82.0 Å². The number of rotatable bonds is 6. The lowest BCUT2D eigenvalue weighted by atomic mass is 9.86. The van der Waals surface area contributed by atoms with Gasteiger partial charge in [0.2, 0.25) is 5.91 Å². The molecule has 2 aliphatic carbocycles. The van der Waals surface area contributed by atoms with Gasteiger partial charge in [-0.3, -0.25) is 9.36 Å². The van der Waals surface area contributed by atoms with Crippen LogP contribution in [-0.4, -0.2) is 32.5 Å². The first-order valence-corrected chi connectivity index (χ1v) is 12.2. The van der Waals surface area contributed by atoms with Crippen LogP contribution in [0, 0.1) is 11.7 Å². The SMILES string of the molecule is CC1CCCCC1NC(=O)CSc1nnc(-c2ccccc2F)n1C1CCCCC1. The van der Waals surface area contributed by atoms with Crippen LogP contribution < -0.4 is 5.32 Å². The average molecular weight is 431 g/mol. The molecule has 1 aromatic carbocycles. The number of aromatic nitrogens is 3. The molecular formula is C23H31FN4OS. The summed E-state index contributed by atoms with van der Waals surface area (Å²) in [5, 5.41) is 12.6. The topological polar surface area (TPSA) is 59.8 Å². The molecule has 2 aliphatic rings. The molecule has 2 fully saturated rings. The van der Waals surface area contributed by atoms with Crippen molar-refractivity contribution in [1.82, 2.24) is 20.1 Å². The molecule has 1 amide bonds. The summed E-state index contributed by atoms with van der Waals surface area (Å²) in [6, 6.07) is 7.26. The van der Waals surface area contributed by atoms with E-state index in [2.05, 4.69) is 27.0 Å². The number of hydrogen-bond donors (Lipinski definition) is 1. The summed E-state index contributed by atoms with van der Waals surface area (Å²) >= 11 is 1.41. The third kappa shape index (κ3) is 4.88. The van der Waals surface area contributed by atoms with Gasteiger partial charge in [0.05, 0.1) is 11.3 Å². The van der Waals surface area contributed by atoms with Crippen LogP contribution in [0.4, 0.5) is 4.39 Å². The summed E-state index contributed by atoms with van der Waals surface area (Å²) in [7, 11) is 0. The van der Waals surface area contributed by atoms with E-state index in [4.69, 9.17) is 0 Å². The second-order valence-corrected chi connectivity index (χ2v) is 9.61. The van der Waals surface area contributed by atoms with E-state index in [1.54, 1.807) is 12.1 Å².